The Bertz CT molecular complexity index is 488. The largest absolute Gasteiger partial charge is 0.383 e. The molecule has 98 valence electrons. The molecule has 0 unspecified atom stereocenters. The number of nitrogens with zero attached hydrogens (tertiary/aromatic N) is 4. The van der Waals surface area contributed by atoms with Crippen LogP contribution in [-0.2, 0) is 11.3 Å². The van der Waals surface area contributed by atoms with Crippen LogP contribution in [0.1, 0.15) is 19.9 Å². The second-order valence-electron chi connectivity index (χ2n) is 4.36. The topological polar surface area (TPSA) is 56.9 Å². The minimum Gasteiger partial charge on any atom is -0.383 e. The van der Waals surface area contributed by atoms with Crippen LogP contribution in [0.3, 0.4) is 0 Å². The van der Waals surface area contributed by atoms with Crippen molar-refractivity contribution in [1.82, 2.24) is 19.3 Å². The lowest BCUT2D eigenvalue weighted by molar-refractivity contribution is 0.188. The van der Waals surface area contributed by atoms with Crippen molar-refractivity contribution in [3.05, 3.63) is 24.8 Å². The van der Waals surface area contributed by atoms with Gasteiger partial charge in [0.05, 0.1) is 18.5 Å². The Morgan fingerprint density at radius 3 is 2.94 bits per heavy atom. The van der Waals surface area contributed by atoms with Gasteiger partial charge in [0.1, 0.15) is 0 Å². The number of nitrogens with one attached hydrogen (secondary N) is 1. The normalized spacial score (nSPS) is 11.1. The first kappa shape index (κ1) is 12.6. The summed E-state index contributed by atoms with van der Waals surface area (Å²) < 4.78 is 8.98. The molecule has 0 spiro atoms. The standard InChI is InChI=1S/C12H19N5O/c1-10(2)17-9-11(8-14-17)15-12-13-4-5-16(12)6-7-18-3/h4-5,8-10H,6-7H2,1-3H3,(H,13,15). The highest BCUT2D eigenvalue weighted by Crippen LogP contribution is 2.15. The summed E-state index contributed by atoms with van der Waals surface area (Å²) in [6.45, 7) is 5.63. The number of ether oxygens (including phenoxy) is 1. The van der Waals surface area contributed by atoms with Crippen molar-refractivity contribution in [3.8, 4) is 0 Å². The Kier molecular flexibility index (Phi) is 3.99. The molecule has 0 aliphatic carbocycles. The minimum absolute atomic E-state index is 0.355. The molecule has 0 fully saturated rings. The van der Waals surface area contributed by atoms with E-state index in [1.807, 2.05) is 21.6 Å². The molecule has 2 rings (SSSR count). The van der Waals surface area contributed by atoms with Crippen LogP contribution in [0.5, 0.6) is 0 Å². The van der Waals surface area contributed by atoms with E-state index in [2.05, 4.69) is 29.2 Å². The molecule has 2 aromatic heterocycles. The Hall–Kier alpha value is -1.82. The van der Waals surface area contributed by atoms with Crippen LogP contribution in [0.2, 0.25) is 0 Å². The third-order valence-corrected chi connectivity index (χ3v) is 2.64. The van der Waals surface area contributed by atoms with Crippen LogP contribution < -0.4 is 5.32 Å². The van der Waals surface area contributed by atoms with Crippen LogP contribution in [0.15, 0.2) is 24.8 Å². The zero-order valence-electron chi connectivity index (χ0n) is 11.0. The van der Waals surface area contributed by atoms with Gasteiger partial charge in [-0.25, -0.2) is 4.98 Å². The van der Waals surface area contributed by atoms with E-state index < -0.39 is 0 Å². The fourth-order valence-corrected chi connectivity index (χ4v) is 1.62. The fourth-order valence-electron chi connectivity index (χ4n) is 1.62. The van der Waals surface area contributed by atoms with Crippen molar-refractivity contribution >= 4 is 11.6 Å². The van der Waals surface area contributed by atoms with Crippen molar-refractivity contribution in [3.63, 3.8) is 0 Å². The smallest absolute Gasteiger partial charge is 0.207 e. The lowest BCUT2D eigenvalue weighted by Gasteiger charge is -2.07. The molecule has 0 amide bonds. The molecule has 0 saturated heterocycles. The van der Waals surface area contributed by atoms with E-state index in [0.717, 1.165) is 18.2 Å². The van der Waals surface area contributed by atoms with E-state index >= 15 is 0 Å². The fraction of sp³-hybridized carbons (Fsp3) is 0.500. The highest BCUT2D eigenvalue weighted by atomic mass is 16.5. The second kappa shape index (κ2) is 5.68. The van der Waals surface area contributed by atoms with Crippen LogP contribution >= 0.6 is 0 Å². The zero-order chi connectivity index (χ0) is 13.0. The third kappa shape index (κ3) is 2.89. The first-order valence-corrected chi connectivity index (χ1v) is 6.02. The zero-order valence-corrected chi connectivity index (χ0v) is 11.0. The van der Waals surface area contributed by atoms with Crippen molar-refractivity contribution in [2.24, 2.45) is 0 Å². The SMILES string of the molecule is COCCn1ccnc1Nc1cnn(C(C)C)c1. The van der Waals surface area contributed by atoms with E-state index in [1.165, 1.54) is 0 Å². The van der Waals surface area contributed by atoms with Gasteiger partial charge in [-0.15, -0.1) is 0 Å². The van der Waals surface area contributed by atoms with Gasteiger partial charge >= 0.3 is 0 Å². The third-order valence-electron chi connectivity index (χ3n) is 2.64. The van der Waals surface area contributed by atoms with Crippen LogP contribution in [0.4, 0.5) is 11.6 Å². The molecule has 2 heterocycles. The lowest BCUT2D eigenvalue weighted by Crippen LogP contribution is -2.07. The van der Waals surface area contributed by atoms with E-state index in [-0.39, 0.29) is 0 Å². The summed E-state index contributed by atoms with van der Waals surface area (Å²) in [5.41, 5.74) is 0.938. The molecular formula is C12H19N5O. The van der Waals surface area contributed by atoms with Gasteiger partial charge < -0.3 is 14.6 Å². The van der Waals surface area contributed by atoms with E-state index in [9.17, 15) is 0 Å². The van der Waals surface area contributed by atoms with Gasteiger partial charge in [0.25, 0.3) is 0 Å². The molecule has 2 aromatic rings. The van der Waals surface area contributed by atoms with Crippen molar-refractivity contribution in [2.75, 3.05) is 19.0 Å². The molecule has 18 heavy (non-hydrogen) atoms. The molecule has 0 saturated carbocycles. The molecule has 0 atom stereocenters. The summed E-state index contributed by atoms with van der Waals surface area (Å²) in [4.78, 5) is 4.28. The summed E-state index contributed by atoms with van der Waals surface area (Å²) in [5, 5.41) is 7.53. The first-order chi connectivity index (χ1) is 8.70. The van der Waals surface area contributed by atoms with Crippen LogP contribution in [0.25, 0.3) is 0 Å². The van der Waals surface area contributed by atoms with E-state index in [0.29, 0.717) is 12.6 Å². The molecule has 0 bridgehead atoms. The maximum absolute atomic E-state index is 5.06. The summed E-state index contributed by atoms with van der Waals surface area (Å²) in [7, 11) is 1.69. The number of imidazole rings is 1. The van der Waals surface area contributed by atoms with Crippen molar-refractivity contribution < 1.29 is 4.74 Å². The lowest BCUT2D eigenvalue weighted by atomic mass is 10.4. The number of rotatable bonds is 6. The highest BCUT2D eigenvalue weighted by molar-refractivity contribution is 5.50. The Balaban J connectivity index is 2.06. The quantitative estimate of drug-likeness (QED) is 0.851. The van der Waals surface area contributed by atoms with Crippen LogP contribution in [0, 0.1) is 0 Å². The minimum atomic E-state index is 0.355. The summed E-state index contributed by atoms with van der Waals surface area (Å²) >= 11 is 0. The van der Waals surface area contributed by atoms with Gasteiger partial charge in [-0.3, -0.25) is 4.68 Å². The number of hydrogen-bond donors (Lipinski definition) is 1. The van der Waals surface area contributed by atoms with Crippen molar-refractivity contribution in [2.45, 2.75) is 26.4 Å². The predicted molar refractivity (Wildman–Crippen MR) is 70.0 cm³/mol. The molecule has 6 heteroatoms. The maximum Gasteiger partial charge on any atom is 0.207 e. The van der Waals surface area contributed by atoms with Gasteiger partial charge in [-0.2, -0.15) is 5.10 Å². The molecular weight excluding hydrogens is 230 g/mol. The monoisotopic (exact) mass is 249 g/mol. The molecule has 0 aliphatic rings. The van der Waals surface area contributed by atoms with Crippen LogP contribution in [-0.4, -0.2) is 33.0 Å². The Morgan fingerprint density at radius 1 is 1.44 bits per heavy atom. The maximum atomic E-state index is 5.06. The predicted octanol–water partition coefficient (Wildman–Crippen LogP) is 2.05. The van der Waals surface area contributed by atoms with Gasteiger partial charge in [-0.05, 0) is 13.8 Å². The number of methoxy groups -OCH3 is 1. The Labute approximate surface area is 107 Å². The summed E-state index contributed by atoms with van der Waals surface area (Å²) in [6.07, 6.45) is 7.47. The molecule has 1 N–H and O–H groups in total. The van der Waals surface area contributed by atoms with E-state index in [4.69, 9.17) is 4.74 Å². The first-order valence-electron chi connectivity index (χ1n) is 6.02. The average Bonchev–Trinajstić information content (AvgIpc) is 2.96. The average molecular weight is 249 g/mol. The van der Waals surface area contributed by atoms with Crippen molar-refractivity contribution in [1.29, 1.82) is 0 Å². The van der Waals surface area contributed by atoms with Gasteiger partial charge in [0, 0.05) is 38.3 Å². The molecule has 6 nitrogen and oxygen atoms in total. The van der Waals surface area contributed by atoms with Gasteiger partial charge in [0.15, 0.2) is 0 Å². The summed E-state index contributed by atoms with van der Waals surface area (Å²) in [6, 6.07) is 0.355. The highest BCUT2D eigenvalue weighted by Gasteiger charge is 2.05. The number of aromatic nitrogens is 4. The van der Waals surface area contributed by atoms with Gasteiger partial charge in [-0.1, -0.05) is 0 Å². The summed E-state index contributed by atoms with van der Waals surface area (Å²) in [5.74, 6) is 0.801. The Morgan fingerprint density at radius 2 is 2.28 bits per heavy atom. The van der Waals surface area contributed by atoms with E-state index in [1.54, 1.807) is 19.5 Å². The molecule has 0 aromatic carbocycles. The molecule has 0 radical (unpaired) electrons. The number of hydrogen-bond acceptors (Lipinski definition) is 4. The van der Waals surface area contributed by atoms with Gasteiger partial charge in [0.2, 0.25) is 5.95 Å². The molecule has 0 aliphatic heterocycles. The number of anilines is 2. The second-order valence-corrected chi connectivity index (χ2v) is 4.36.